The van der Waals surface area contributed by atoms with Crippen LogP contribution in [0.25, 0.3) is 10.8 Å². The van der Waals surface area contributed by atoms with Crippen LogP contribution in [0.3, 0.4) is 0 Å². The van der Waals surface area contributed by atoms with E-state index in [1.54, 1.807) is 11.0 Å². The number of rotatable bonds is 5. The Bertz CT molecular complexity index is 1370. The molecule has 3 atom stereocenters. The van der Waals surface area contributed by atoms with Crippen molar-refractivity contribution in [2.45, 2.75) is 50.9 Å². The van der Waals surface area contributed by atoms with Crippen molar-refractivity contribution in [1.29, 1.82) is 0 Å². The molecule has 3 amide bonds. The average molecular weight is 485 g/mol. The molecule has 8 nitrogen and oxygen atoms in total. The molecule has 2 saturated heterocycles. The fraction of sp³-hybridized carbons (Fsp3) is 0.357. The highest BCUT2D eigenvalue weighted by Gasteiger charge is 2.39. The summed E-state index contributed by atoms with van der Waals surface area (Å²) in [7, 11) is 0. The van der Waals surface area contributed by atoms with Crippen molar-refractivity contribution in [3.05, 3.63) is 71.5 Å². The van der Waals surface area contributed by atoms with Crippen LogP contribution in [0.4, 0.5) is 0 Å². The molecular formula is C28H28N4O4. The minimum absolute atomic E-state index is 0.0503. The van der Waals surface area contributed by atoms with Gasteiger partial charge in [0, 0.05) is 49.2 Å². The first-order valence-corrected chi connectivity index (χ1v) is 12.5. The third-order valence-electron chi connectivity index (χ3n) is 7.60. The summed E-state index contributed by atoms with van der Waals surface area (Å²) in [6.07, 6.45) is 3.51. The van der Waals surface area contributed by atoms with Crippen molar-refractivity contribution >= 4 is 28.5 Å². The van der Waals surface area contributed by atoms with E-state index in [2.05, 4.69) is 35.3 Å². The van der Waals surface area contributed by atoms with E-state index in [9.17, 15) is 14.4 Å². The third kappa shape index (κ3) is 4.11. The summed E-state index contributed by atoms with van der Waals surface area (Å²) in [6, 6.07) is 15.5. The summed E-state index contributed by atoms with van der Waals surface area (Å²) < 4.78 is 6.32. The second-order valence-corrected chi connectivity index (χ2v) is 9.87. The van der Waals surface area contributed by atoms with Crippen molar-refractivity contribution in [2.24, 2.45) is 0 Å². The molecule has 0 radical (unpaired) electrons. The molecule has 8 heteroatoms. The van der Waals surface area contributed by atoms with Gasteiger partial charge in [-0.15, -0.1) is 0 Å². The van der Waals surface area contributed by atoms with Gasteiger partial charge in [-0.05, 0) is 55.0 Å². The molecule has 2 aromatic carbocycles. The second-order valence-electron chi connectivity index (χ2n) is 9.87. The minimum Gasteiger partial charge on any atom is -0.489 e. The average Bonchev–Trinajstić information content (AvgIpc) is 3.47. The molecule has 0 spiro atoms. The number of carbonyl (C=O) groups is 3. The summed E-state index contributed by atoms with van der Waals surface area (Å²) in [5.41, 5.74) is 2.50. The van der Waals surface area contributed by atoms with Crippen LogP contribution in [0.1, 0.15) is 53.8 Å². The lowest BCUT2D eigenvalue weighted by Crippen LogP contribution is -2.52. The first kappa shape index (κ1) is 22.7. The van der Waals surface area contributed by atoms with E-state index in [0.29, 0.717) is 18.5 Å². The third-order valence-corrected chi connectivity index (χ3v) is 7.60. The Balaban J connectivity index is 1.11. The van der Waals surface area contributed by atoms with Gasteiger partial charge in [-0.3, -0.25) is 29.6 Å². The standard InChI is InChI=1S/C28H28N4O4/c1-17(24-13-18-4-2-3-5-19(18)14-29-24)31-11-10-22(16-31)36-21-6-7-23-20(12-21)15-32(28(23)35)25-8-9-26(33)30-27(25)34/h2-7,12-14,17,22,25H,8-11,15-16H2,1H3,(H,30,33,34)/t17?,22-,25?/m1/s1. The van der Waals surface area contributed by atoms with Gasteiger partial charge in [0.2, 0.25) is 11.8 Å². The normalized spacial score (nSPS) is 23.1. The molecule has 3 aromatic rings. The van der Waals surface area contributed by atoms with Gasteiger partial charge in [-0.1, -0.05) is 24.3 Å². The van der Waals surface area contributed by atoms with Crippen LogP contribution in [0.2, 0.25) is 0 Å². The SMILES string of the molecule is CC(c1cc2ccccc2cn1)N1CC[C@@H](Oc2ccc3c(c2)CN(C2CCC(=O)NC2=O)C3=O)C1. The number of benzene rings is 2. The predicted octanol–water partition coefficient (Wildman–Crippen LogP) is 3.21. The van der Waals surface area contributed by atoms with E-state index in [1.165, 1.54) is 5.39 Å². The maximum absolute atomic E-state index is 12.9. The lowest BCUT2D eigenvalue weighted by molar-refractivity contribution is -0.136. The number of piperidine rings is 1. The van der Waals surface area contributed by atoms with E-state index in [-0.39, 0.29) is 30.4 Å². The van der Waals surface area contributed by atoms with Crippen LogP contribution in [-0.4, -0.2) is 57.7 Å². The Morgan fingerprint density at radius 3 is 2.72 bits per heavy atom. The number of hydrogen-bond donors (Lipinski definition) is 1. The van der Waals surface area contributed by atoms with Crippen molar-refractivity contribution in [3.8, 4) is 5.75 Å². The molecule has 0 bridgehead atoms. The number of fused-ring (bicyclic) bond motifs is 2. The number of carbonyl (C=O) groups excluding carboxylic acids is 3. The van der Waals surface area contributed by atoms with Gasteiger partial charge >= 0.3 is 0 Å². The molecule has 184 valence electrons. The lowest BCUT2D eigenvalue weighted by atomic mass is 10.0. The number of nitrogens with one attached hydrogen (secondary N) is 1. The highest BCUT2D eigenvalue weighted by Crippen LogP contribution is 2.32. The lowest BCUT2D eigenvalue weighted by Gasteiger charge is -2.29. The molecule has 2 fully saturated rings. The molecule has 4 heterocycles. The fourth-order valence-electron chi connectivity index (χ4n) is 5.53. The van der Waals surface area contributed by atoms with Crippen molar-refractivity contribution in [2.75, 3.05) is 13.1 Å². The summed E-state index contributed by atoms with van der Waals surface area (Å²) in [5, 5.41) is 4.68. The Labute approximate surface area is 209 Å². The van der Waals surface area contributed by atoms with Gasteiger partial charge in [0.15, 0.2) is 0 Å². The number of hydrogen-bond acceptors (Lipinski definition) is 6. The van der Waals surface area contributed by atoms with E-state index in [1.807, 2.05) is 30.5 Å². The van der Waals surface area contributed by atoms with E-state index in [4.69, 9.17) is 9.72 Å². The van der Waals surface area contributed by atoms with Gasteiger partial charge < -0.3 is 9.64 Å². The number of ether oxygens (including phenoxy) is 1. The topological polar surface area (TPSA) is 91.8 Å². The highest BCUT2D eigenvalue weighted by molar-refractivity contribution is 6.05. The van der Waals surface area contributed by atoms with E-state index in [0.717, 1.165) is 41.9 Å². The van der Waals surface area contributed by atoms with Crippen molar-refractivity contribution in [1.82, 2.24) is 20.1 Å². The molecular weight excluding hydrogens is 456 g/mol. The number of imide groups is 1. The van der Waals surface area contributed by atoms with Gasteiger partial charge in [-0.25, -0.2) is 0 Å². The Hall–Kier alpha value is -3.78. The summed E-state index contributed by atoms with van der Waals surface area (Å²) in [5.74, 6) is -0.123. The molecule has 2 unspecified atom stereocenters. The van der Waals surface area contributed by atoms with E-state index >= 15 is 0 Å². The molecule has 3 aliphatic heterocycles. The Morgan fingerprint density at radius 2 is 1.89 bits per heavy atom. The summed E-state index contributed by atoms with van der Waals surface area (Å²) >= 11 is 0. The Kier molecular flexibility index (Phi) is 5.68. The smallest absolute Gasteiger partial charge is 0.255 e. The number of pyridine rings is 1. The van der Waals surface area contributed by atoms with Crippen molar-refractivity contribution in [3.63, 3.8) is 0 Å². The quantitative estimate of drug-likeness (QED) is 0.559. The molecule has 3 aliphatic rings. The van der Waals surface area contributed by atoms with Crippen LogP contribution >= 0.6 is 0 Å². The van der Waals surface area contributed by atoms with Crippen LogP contribution in [-0.2, 0) is 16.1 Å². The van der Waals surface area contributed by atoms with Crippen molar-refractivity contribution < 1.29 is 19.1 Å². The zero-order valence-corrected chi connectivity index (χ0v) is 20.1. The van der Waals surface area contributed by atoms with Gasteiger partial charge in [-0.2, -0.15) is 0 Å². The maximum Gasteiger partial charge on any atom is 0.255 e. The van der Waals surface area contributed by atoms with Gasteiger partial charge in [0.1, 0.15) is 17.9 Å². The number of nitrogens with zero attached hydrogens (tertiary/aromatic N) is 3. The number of amides is 3. The second kappa shape index (κ2) is 9.02. The largest absolute Gasteiger partial charge is 0.489 e. The first-order valence-electron chi connectivity index (χ1n) is 12.5. The molecule has 0 aliphatic carbocycles. The molecule has 1 aromatic heterocycles. The number of likely N-dealkylation sites (tertiary alicyclic amines) is 1. The first-order chi connectivity index (χ1) is 17.5. The maximum atomic E-state index is 12.9. The Morgan fingerprint density at radius 1 is 1.06 bits per heavy atom. The summed E-state index contributed by atoms with van der Waals surface area (Å²) in [4.78, 5) is 45.3. The molecule has 1 N–H and O–H groups in total. The zero-order valence-electron chi connectivity index (χ0n) is 20.1. The zero-order chi connectivity index (χ0) is 24.8. The highest BCUT2D eigenvalue weighted by atomic mass is 16.5. The predicted molar refractivity (Wildman–Crippen MR) is 133 cm³/mol. The summed E-state index contributed by atoms with van der Waals surface area (Å²) in [6.45, 7) is 4.25. The monoisotopic (exact) mass is 484 g/mol. The molecule has 0 saturated carbocycles. The molecule has 6 rings (SSSR count). The van der Waals surface area contributed by atoms with Crippen LogP contribution in [0.5, 0.6) is 5.75 Å². The van der Waals surface area contributed by atoms with Crippen LogP contribution < -0.4 is 10.1 Å². The van der Waals surface area contributed by atoms with Crippen LogP contribution in [0, 0.1) is 0 Å². The molecule has 36 heavy (non-hydrogen) atoms. The van der Waals surface area contributed by atoms with Gasteiger partial charge in [0.25, 0.3) is 5.91 Å². The fourth-order valence-corrected chi connectivity index (χ4v) is 5.53. The van der Waals surface area contributed by atoms with Crippen LogP contribution in [0.15, 0.2) is 54.7 Å². The van der Waals surface area contributed by atoms with E-state index < -0.39 is 11.9 Å². The minimum atomic E-state index is -0.611. The van der Waals surface area contributed by atoms with Gasteiger partial charge in [0.05, 0.1) is 5.69 Å². The number of aromatic nitrogens is 1.